The molecule has 2 atom stereocenters. The van der Waals surface area contributed by atoms with E-state index in [0.29, 0.717) is 12.1 Å². The predicted molar refractivity (Wildman–Crippen MR) is 85.9 cm³/mol. The summed E-state index contributed by atoms with van der Waals surface area (Å²) in [5.74, 6) is 0.910. The summed E-state index contributed by atoms with van der Waals surface area (Å²) >= 11 is 0. The molecule has 0 aliphatic carbocycles. The fourth-order valence-corrected chi connectivity index (χ4v) is 2.61. The van der Waals surface area contributed by atoms with Gasteiger partial charge in [-0.25, -0.2) is 9.97 Å². The molecule has 5 nitrogen and oxygen atoms in total. The Morgan fingerprint density at radius 1 is 1.33 bits per heavy atom. The van der Waals surface area contributed by atoms with E-state index >= 15 is 0 Å². The standard InChI is InChI=1S/C15H21N5.ClH/c1-12-9-20(13(2)7-17-12)10-14-3-4-15(18-8-14)19-6-5-16-11-19;/h3-6,8,11-13,17H,7,9-10H2,1-2H3;1H. The van der Waals surface area contributed by atoms with Crippen molar-refractivity contribution in [1.82, 2.24) is 24.8 Å². The number of aromatic nitrogens is 3. The third kappa shape index (κ3) is 3.81. The van der Waals surface area contributed by atoms with Crippen LogP contribution < -0.4 is 5.32 Å². The second-order valence-electron chi connectivity index (χ2n) is 5.58. The average Bonchev–Trinajstić information content (AvgIpc) is 2.98. The summed E-state index contributed by atoms with van der Waals surface area (Å²) in [6, 6.07) is 5.33. The number of imidazole rings is 1. The molecule has 1 N–H and O–H groups in total. The van der Waals surface area contributed by atoms with Crippen LogP contribution in [0.2, 0.25) is 0 Å². The van der Waals surface area contributed by atoms with Gasteiger partial charge in [0, 0.05) is 50.3 Å². The summed E-state index contributed by atoms with van der Waals surface area (Å²) in [6.07, 6.45) is 7.40. The monoisotopic (exact) mass is 307 g/mol. The Morgan fingerprint density at radius 2 is 2.19 bits per heavy atom. The first-order valence-corrected chi connectivity index (χ1v) is 7.13. The first-order chi connectivity index (χ1) is 9.72. The summed E-state index contributed by atoms with van der Waals surface area (Å²) in [7, 11) is 0. The maximum atomic E-state index is 4.51. The van der Waals surface area contributed by atoms with Crippen LogP contribution in [0.1, 0.15) is 19.4 Å². The van der Waals surface area contributed by atoms with E-state index in [-0.39, 0.29) is 12.4 Å². The van der Waals surface area contributed by atoms with Crippen molar-refractivity contribution in [3.05, 3.63) is 42.6 Å². The topological polar surface area (TPSA) is 46.0 Å². The Balaban J connectivity index is 0.00000161. The maximum absolute atomic E-state index is 4.51. The zero-order valence-corrected chi connectivity index (χ0v) is 13.3. The molecule has 3 rings (SSSR count). The molecule has 0 amide bonds. The summed E-state index contributed by atoms with van der Waals surface area (Å²) in [5, 5.41) is 3.51. The first kappa shape index (κ1) is 15.9. The molecular weight excluding hydrogens is 286 g/mol. The van der Waals surface area contributed by atoms with Crippen molar-refractivity contribution < 1.29 is 0 Å². The van der Waals surface area contributed by atoms with Gasteiger partial charge in [-0.3, -0.25) is 9.47 Å². The first-order valence-electron chi connectivity index (χ1n) is 7.13. The highest BCUT2D eigenvalue weighted by Crippen LogP contribution is 2.13. The fourth-order valence-electron chi connectivity index (χ4n) is 2.61. The number of nitrogens with one attached hydrogen (secondary N) is 1. The molecule has 2 aromatic rings. The number of halogens is 1. The molecule has 114 valence electrons. The lowest BCUT2D eigenvalue weighted by atomic mass is 10.1. The quantitative estimate of drug-likeness (QED) is 0.940. The van der Waals surface area contributed by atoms with Crippen LogP contribution in [0, 0.1) is 0 Å². The van der Waals surface area contributed by atoms with E-state index in [4.69, 9.17) is 0 Å². The van der Waals surface area contributed by atoms with Crippen LogP contribution >= 0.6 is 12.4 Å². The highest BCUT2D eigenvalue weighted by molar-refractivity contribution is 5.85. The molecule has 6 heteroatoms. The van der Waals surface area contributed by atoms with Gasteiger partial charge >= 0.3 is 0 Å². The van der Waals surface area contributed by atoms with Crippen molar-refractivity contribution in [2.75, 3.05) is 13.1 Å². The maximum Gasteiger partial charge on any atom is 0.137 e. The second kappa shape index (κ2) is 7.02. The number of rotatable bonds is 3. The number of piperazine rings is 1. The number of hydrogen-bond donors (Lipinski definition) is 1. The molecule has 0 spiro atoms. The smallest absolute Gasteiger partial charge is 0.137 e. The van der Waals surface area contributed by atoms with Gasteiger partial charge in [-0.05, 0) is 25.5 Å². The van der Waals surface area contributed by atoms with Crippen molar-refractivity contribution in [2.24, 2.45) is 0 Å². The Labute approximate surface area is 131 Å². The average molecular weight is 308 g/mol. The van der Waals surface area contributed by atoms with E-state index in [1.807, 2.05) is 23.0 Å². The van der Waals surface area contributed by atoms with Gasteiger partial charge in [0.05, 0.1) is 0 Å². The second-order valence-corrected chi connectivity index (χ2v) is 5.58. The molecule has 1 aliphatic heterocycles. The highest BCUT2D eigenvalue weighted by atomic mass is 35.5. The van der Waals surface area contributed by atoms with E-state index in [1.54, 1.807) is 12.5 Å². The summed E-state index contributed by atoms with van der Waals surface area (Å²) in [5.41, 5.74) is 1.26. The Bertz CT molecular complexity index is 540. The minimum absolute atomic E-state index is 0. The Kier molecular flexibility index (Phi) is 5.33. The van der Waals surface area contributed by atoms with Gasteiger partial charge in [-0.2, -0.15) is 0 Å². The van der Waals surface area contributed by atoms with E-state index in [0.717, 1.165) is 25.5 Å². The summed E-state index contributed by atoms with van der Waals surface area (Å²) in [4.78, 5) is 11.1. The predicted octanol–water partition coefficient (Wildman–Crippen LogP) is 1.87. The van der Waals surface area contributed by atoms with Crippen LogP contribution in [0.5, 0.6) is 0 Å². The number of nitrogens with zero attached hydrogens (tertiary/aromatic N) is 4. The van der Waals surface area contributed by atoms with Gasteiger partial charge in [-0.1, -0.05) is 6.07 Å². The largest absolute Gasteiger partial charge is 0.311 e. The van der Waals surface area contributed by atoms with Gasteiger partial charge in [0.15, 0.2) is 0 Å². The Hall–Kier alpha value is -1.43. The van der Waals surface area contributed by atoms with E-state index in [9.17, 15) is 0 Å². The van der Waals surface area contributed by atoms with Crippen LogP contribution in [0.25, 0.3) is 5.82 Å². The molecule has 0 aromatic carbocycles. The molecule has 2 aromatic heterocycles. The third-order valence-corrected chi connectivity index (χ3v) is 3.86. The summed E-state index contributed by atoms with van der Waals surface area (Å²) in [6.45, 7) is 7.61. The molecule has 1 aliphatic rings. The van der Waals surface area contributed by atoms with E-state index in [2.05, 4.69) is 40.1 Å². The molecule has 2 unspecified atom stereocenters. The molecule has 3 heterocycles. The van der Waals surface area contributed by atoms with Crippen LogP contribution in [0.15, 0.2) is 37.1 Å². The van der Waals surface area contributed by atoms with Gasteiger partial charge in [-0.15, -0.1) is 12.4 Å². The fraction of sp³-hybridized carbons (Fsp3) is 0.467. The van der Waals surface area contributed by atoms with Crippen molar-refractivity contribution in [3.63, 3.8) is 0 Å². The minimum atomic E-state index is 0. The van der Waals surface area contributed by atoms with Crippen molar-refractivity contribution in [3.8, 4) is 5.82 Å². The molecule has 0 radical (unpaired) electrons. The van der Waals surface area contributed by atoms with E-state index < -0.39 is 0 Å². The highest BCUT2D eigenvalue weighted by Gasteiger charge is 2.22. The third-order valence-electron chi connectivity index (χ3n) is 3.86. The van der Waals surface area contributed by atoms with Crippen LogP contribution in [-0.2, 0) is 6.54 Å². The molecular formula is C15H22ClN5. The van der Waals surface area contributed by atoms with Crippen LogP contribution in [0.4, 0.5) is 0 Å². The zero-order chi connectivity index (χ0) is 13.9. The van der Waals surface area contributed by atoms with Crippen LogP contribution in [0.3, 0.4) is 0 Å². The lowest BCUT2D eigenvalue weighted by molar-refractivity contribution is 0.138. The van der Waals surface area contributed by atoms with Crippen molar-refractivity contribution >= 4 is 12.4 Å². The lowest BCUT2D eigenvalue weighted by Crippen LogP contribution is -2.53. The zero-order valence-electron chi connectivity index (χ0n) is 12.4. The van der Waals surface area contributed by atoms with Crippen LogP contribution in [-0.4, -0.2) is 44.6 Å². The molecule has 1 saturated heterocycles. The Morgan fingerprint density at radius 3 is 2.86 bits per heavy atom. The summed E-state index contributed by atoms with van der Waals surface area (Å²) < 4.78 is 1.92. The van der Waals surface area contributed by atoms with Gasteiger partial charge in [0.2, 0.25) is 0 Å². The molecule has 0 saturated carbocycles. The van der Waals surface area contributed by atoms with E-state index in [1.165, 1.54) is 5.56 Å². The van der Waals surface area contributed by atoms with Crippen molar-refractivity contribution in [2.45, 2.75) is 32.5 Å². The normalized spacial score (nSPS) is 22.8. The SMILES string of the molecule is CC1CN(Cc2ccc(-n3ccnc3)nc2)C(C)CN1.Cl. The lowest BCUT2D eigenvalue weighted by Gasteiger charge is -2.37. The number of pyridine rings is 1. The van der Waals surface area contributed by atoms with Gasteiger partial charge in [0.25, 0.3) is 0 Å². The number of hydrogen-bond acceptors (Lipinski definition) is 4. The van der Waals surface area contributed by atoms with Crippen molar-refractivity contribution in [1.29, 1.82) is 0 Å². The molecule has 0 bridgehead atoms. The van der Waals surface area contributed by atoms with Gasteiger partial charge in [0.1, 0.15) is 12.1 Å². The molecule has 21 heavy (non-hydrogen) atoms. The van der Waals surface area contributed by atoms with Gasteiger partial charge < -0.3 is 5.32 Å². The molecule has 1 fully saturated rings. The minimum Gasteiger partial charge on any atom is -0.311 e.